The van der Waals surface area contributed by atoms with Crippen LogP contribution in [0.2, 0.25) is 0 Å². The van der Waals surface area contributed by atoms with E-state index in [2.05, 4.69) is 5.32 Å². The zero-order chi connectivity index (χ0) is 19.7. The first-order chi connectivity index (χ1) is 12.8. The van der Waals surface area contributed by atoms with Gasteiger partial charge in [-0.05, 0) is 18.2 Å². The highest BCUT2D eigenvalue weighted by Crippen LogP contribution is 2.30. The van der Waals surface area contributed by atoms with Crippen LogP contribution in [0.3, 0.4) is 0 Å². The molecule has 0 atom stereocenters. The Hall–Kier alpha value is -4.15. The summed E-state index contributed by atoms with van der Waals surface area (Å²) in [7, 11) is 0. The van der Waals surface area contributed by atoms with Gasteiger partial charge in [-0.15, -0.1) is 0 Å². The molecule has 3 amide bonds. The van der Waals surface area contributed by atoms with Gasteiger partial charge in [-0.1, -0.05) is 6.07 Å². The van der Waals surface area contributed by atoms with E-state index in [-0.39, 0.29) is 22.5 Å². The molecule has 2 aromatic carbocycles. The fourth-order valence-electron chi connectivity index (χ4n) is 2.62. The van der Waals surface area contributed by atoms with Crippen LogP contribution in [0, 0.1) is 20.2 Å². The summed E-state index contributed by atoms with van der Waals surface area (Å²) in [4.78, 5) is 57.7. The molecule has 0 spiro atoms. The molecule has 0 radical (unpaired) electrons. The molecule has 11 nitrogen and oxygen atoms in total. The summed E-state index contributed by atoms with van der Waals surface area (Å²) in [6.07, 6.45) is 0. The van der Waals surface area contributed by atoms with Crippen LogP contribution in [0.25, 0.3) is 0 Å². The predicted octanol–water partition coefficient (Wildman–Crippen LogP) is 1.74. The molecular formula is C16H10N4O7. The number of nitro groups is 2. The summed E-state index contributed by atoms with van der Waals surface area (Å²) in [5.41, 5.74) is -0.939. The average molecular weight is 370 g/mol. The molecule has 11 heteroatoms. The van der Waals surface area contributed by atoms with E-state index in [0.717, 1.165) is 6.07 Å². The van der Waals surface area contributed by atoms with Crippen molar-refractivity contribution in [2.24, 2.45) is 0 Å². The van der Waals surface area contributed by atoms with Crippen LogP contribution in [-0.4, -0.2) is 39.0 Å². The van der Waals surface area contributed by atoms with Gasteiger partial charge in [0.05, 0.1) is 15.4 Å². The van der Waals surface area contributed by atoms with Crippen molar-refractivity contribution in [2.75, 3.05) is 11.9 Å². The van der Waals surface area contributed by atoms with Gasteiger partial charge in [0, 0.05) is 23.9 Å². The molecule has 0 saturated heterocycles. The van der Waals surface area contributed by atoms with E-state index in [4.69, 9.17) is 0 Å². The van der Waals surface area contributed by atoms with Gasteiger partial charge in [0.15, 0.2) is 0 Å². The number of hydrogen-bond donors (Lipinski definition) is 1. The predicted molar refractivity (Wildman–Crippen MR) is 90.2 cm³/mol. The Morgan fingerprint density at radius 1 is 0.963 bits per heavy atom. The molecule has 0 aliphatic carbocycles. The Balaban J connectivity index is 1.76. The molecule has 2 aromatic rings. The van der Waals surface area contributed by atoms with Gasteiger partial charge in [-0.2, -0.15) is 0 Å². The first-order valence-corrected chi connectivity index (χ1v) is 7.47. The van der Waals surface area contributed by atoms with Crippen LogP contribution in [0.15, 0.2) is 42.5 Å². The number of benzene rings is 2. The first-order valence-electron chi connectivity index (χ1n) is 7.47. The van der Waals surface area contributed by atoms with Crippen molar-refractivity contribution in [3.63, 3.8) is 0 Å². The fraction of sp³-hybridized carbons (Fsp3) is 0.0625. The Morgan fingerprint density at radius 2 is 1.63 bits per heavy atom. The van der Waals surface area contributed by atoms with Crippen LogP contribution in [-0.2, 0) is 4.79 Å². The molecule has 0 fully saturated rings. The largest absolute Gasteiger partial charge is 0.325 e. The van der Waals surface area contributed by atoms with Gasteiger partial charge in [0.2, 0.25) is 5.91 Å². The van der Waals surface area contributed by atoms with Gasteiger partial charge in [-0.25, -0.2) is 0 Å². The SMILES string of the molecule is O=C(CN1C(=O)c2cccc([N+](=O)[O-])c2C1=O)Nc1ccc([N+](=O)[O-])cc1. The average Bonchev–Trinajstić information content (AvgIpc) is 2.87. The molecule has 0 bridgehead atoms. The van der Waals surface area contributed by atoms with Gasteiger partial charge in [0.25, 0.3) is 23.2 Å². The summed E-state index contributed by atoms with van der Waals surface area (Å²) >= 11 is 0. The third-order valence-corrected chi connectivity index (χ3v) is 3.84. The van der Waals surface area contributed by atoms with Crippen molar-refractivity contribution in [1.82, 2.24) is 4.90 Å². The number of rotatable bonds is 5. The lowest BCUT2D eigenvalue weighted by Crippen LogP contribution is -2.37. The second-order valence-electron chi connectivity index (χ2n) is 5.51. The molecule has 1 N–H and O–H groups in total. The van der Waals surface area contributed by atoms with Gasteiger partial charge in [-0.3, -0.25) is 39.5 Å². The molecule has 1 aliphatic heterocycles. The summed E-state index contributed by atoms with van der Waals surface area (Å²) in [6.45, 7) is -0.652. The van der Waals surface area contributed by atoms with Gasteiger partial charge >= 0.3 is 0 Å². The van der Waals surface area contributed by atoms with Crippen molar-refractivity contribution >= 4 is 34.8 Å². The third kappa shape index (κ3) is 3.20. The molecule has 1 aliphatic rings. The molecule has 1 heterocycles. The molecule has 0 saturated carbocycles. The Morgan fingerprint density at radius 3 is 2.22 bits per heavy atom. The standard InChI is InChI=1S/C16H10N4O7/c21-13(17-9-4-6-10(7-5-9)19(24)25)8-18-15(22)11-2-1-3-12(20(26)27)14(11)16(18)23/h1-7H,8H2,(H,17,21). The molecule has 3 rings (SSSR count). The van der Waals surface area contributed by atoms with Crippen molar-refractivity contribution in [1.29, 1.82) is 0 Å². The minimum absolute atomic E-state index is 0.141. The van der Waals surface area contributed by atoms with Crippen LogP contribution >= 0.6 is 0 Å². The van der Waals surface area contributed by atoms with E-state index in [1.807, 2.05) is 0 Å². The summed E-state index contributed by atoms with van der Waals surface area (Å²) < 4.78 is 0. The van der Waals surface area contributed by atoms with E-state index >= 15 is 0 Å². The maximum absolute atomic E-state index is 12.4. The molecule has 27 heavy (non-hydrogen) atoms. The van der Waals surface area contributed by atoms with E-state index in [9.17, 15) is 34.6 Å². The van der Waals surface area contributed by atoms with Crippen LogP contribution in [0.1, 0.15) is 20.7 Å². The Kier molecular flexibility index (Phi) is 4.34. The van der Waals surface area contributed by atoms with Crippen LogP contribution in [0.5, 0.6) is 0 Å². The number of nitrogens with zero attached hydrogens (tertiary/aromatic N) is 3. The van der Waals surface area contributed by atoms with Crippen molar-refractivity contribution in [3.05, 3.63) is 73.8 Å². The molecule has 0 aromatic heterocycles. The topological polar surface area (TPSA) is 153 Å². The molecule has 0 unspecified atom stereocenters. The van der Waals surface area contributed by atoms with Crippen molar-refractivity contribution in [2.45, 2.75) is 0 Å². The lowest BCUT2D eigenvalue weighted by atomic mass is 10.1. The van der Waals surface area contributed by atoms with Crippen molar-refractivity contribution in [3.8, 4) is 0 Å². The van der Waals surface area contributed by atoms with Crippen LogP contribution in [0.4, 0.5) is 17.1 Å². The second-order valence-corrected chi connectivity index (χ2v) is 5.51. The van der Waals surface area contributed by atoms with Crippen LogP contribution < -0.4 is 5.32 Å². The monoisotopic (exact) mass is 370 g/mol. The number of anilines is 1. The van der Waals surface area contributed by atoms with E-state index in [0.29, 0.717) is 4.90 Å². The van der Waals surface area contributed by atoms with Gasteiger partial charge in [0.1, 0.15) is 12.1 Å². The lowest BCUT2D eigenvalue weighted by molar-refractivity contribution is -0.385. The number of fused-ring (bicyclic) bond motifs is 1. The number of carbonyl (C=O) groups excluding carboxylic acids is 3. The summed E-state index contributed by atoms with van der Waals surface area (Å²) in [5, 5.41) is 24.1. The number of carbonyl (C=O) groups is 3. The molecular weight excluding hydrogens is 360 g/mol. The van der Waals surface area contributed by atoms with E-state index in [1.54, 1.807) is 0 Å². The zero-order valence-electron chi connectivity index (χ0n) is 13.4. The van der Waals surface area contributed by atoms with Crippen molar-refractivity contribution < 1.29 is 24.2 Å². The number of amides is 3. The number of nitrogens with one attached hydrogen (secondary N) is 1. The van der Waals surface area contributed by atoms with Gasteiger partial charge < -0.3 is 5.32 Å². The quantitative estimate of drug-likeness (QED) is 0.478. The number of imide groups is 1. The third-order valence-electron chi connectivity index (χ3n) is 3.84. The highest BCUT2D eigenvalue weighted by Gasteiger charge is 2.41. The summed E-state index contributed by atoms with van der Waals surface area (Å²) in [6, 6.07) is 8.61. The maximum Gasteiger partial charge on any atom is 0.282 e. The molecule has 136 valence electrons. The zero-order valence-corrected chi connectivity index (χ0v) is 13.4. The highest BCUT2D eigenvalue weighted by atomic mass is 16.6. The maximum atomic E-state index is 12.4. The van der Waals surface area contributed by atoms with E-state index in [1.165, 1.54) is 36.4 Å². The number of non-ortho nitro benzene ring substituents is 1. The first kappa shape index (κ1) is 17.7. The highest BCUT2D eigenvalue weighted by molar-refractivity contribution is 6.24. The minimum atomic E-state index is -0.929. The normalized spacial score (nSPS) is 12.7. The number of nitro benzene ring substituents is 2. The second kappa shape index (κ2) is 6.63. The lowest BCUT2D eigenvalue weighted by Gasteiger charge is -2.13. The fourth-order valence-corrected chi connectivity index (χ4v) is 2.62. The summed E-state index contributed by atoms with van der Waals surface area (Å²) in [5.74, 6) is -2.47. The number of hydrogen-bond acceptors (Lipinski definition) is 7. The smallest absolute Gasteiger partial charge is 0.282 e. The Bertz CT molecular complexity index is 1000. The Labute approximate surface area is 150 Å². The van der Waals surface area contributed by atoms with E-state index < -0.39 is 39.8 Å². The minimum Gasteiger partial charge on any atom is -0.325 e.